The number of halogens is 2. The number of hydrogen-bond acceptors (Lipinski definition) is 3. The summed E-state index contributed by atoms with van der Waals surface area (Å²) in [5, 5.41) is 0. The molecule has 2 aromatic carbocycles. The lowest BCUT2D eigenvalue weighted by molar-refractivity contribution is -0.149. The number of ether oxygens (including phenoxy) is 1. The molecule has 5 heteroatoms. The number of hydrogen-bond donors (Lipinski definition) is 0. The Morgan fingerprint density at radius 2 is 1.55 bits per heavy atom. The van der Waals surface area contributed by atoms with Crippen LogP contribution in [0.2, 0.25) is 0 Å². The van der Waals surface area contributed by atoms with Crippen LogP contribution in [0.25, 0.3) is 0 Å². The van der Waals surface area contributed by atoms with Gasteiger partial charge in [-0.05, 0) is 41.8 Å². The highest BCUT2D eigenvalue weighted by atomic mass is 79.9. The van der Waals surface area contributed by atoms with Crippen molar-refractivity contribution in [3.05, 3.63) is 68.6 Å². The Kier molecular flexibility index (Phi) is 5.53. The molecule has 0 bridgehead atoms. The van der Waals surface area contributed by atoms with Crippen LogP contribution in [0.15, 0.2) is 57.5 Å². The van der Waals surface area contributed by atoms with Crippen LogP contribution in [0.4, 0.5) is 0 Å². The molecule has 22 heavy (non-hydrogen) atoms. The lowest BCUT2D eigenvalue weighted by atomic mass is 9.77. The van der Waals surface area contributed by atoms with E-state index < -0.39 is 11.4 Å². The van der Waals surface area contributed by atoms with E-state index in [4.69, 9.17) is 4.74 Å². The summed E-state index contributed by atoms with van der Waals surface area (Å²) in [5.41, 5.74) is 0.146. The zero-order chi connectivity index (χ0) is 16.2. The largest absolute Gasteiger partial charge is 0.468 e. The fraction of sp³-hybridized carbons (Fsp3) is 0.176. The number of methoxy groups -OCH3 is 1. The minimum Gasteiger partial charge on any atom is -0.468 e. The second-order valence-electron chi connectivity index (χ2n) is 4.89. The second-order valence-corrected chi connectivity index (χ2v) is 6.72. The molecule has 0 aromatic heterocycles. The van der Waals surface area contributed by atoms with Crippen molar-refractivity contribution >= 4 is 44.1 Å². The molecule has 0 saturated carbocycles. The van der Waals surface area contributed by atoms with E-state index >= 15 is 0 Å². The summed E-state index contributed by atoms with van der Waals surface area (Å²) in [7, 11) is 1.29. The highest BCUT2D eigenvalue weighted by Crippen LogP contribution is 2.30. The minimum atomic E-state index is -1.34. The van der Waals surface area contributed by atoms with Crippen LogP contribution in [0, 0.1) is 0 Å². The molecule has 0 fully saturated rings. The van der Waals surface area contributed by atoms with Gasteiger partial charge in [0.25, 0.3) is 0 Å². The summed E-state index contributed by atoms with van der Waals surface area (Å²) in [6, 6.07) is 14.6. The van der Waals surface area contributed by atoms with Crippen molar-refractivity contribution in [2.24, 2.45) is 0 Å². The third-order valence-electron chi connectivity index (χ3n) is 3.51. The molecule has 0 unspecified atom stereocenters. The molecule has 0 radical (unpaired) electrons. The summed E-state index contributed by atoms with van der Waals surface area (Å²) in [5.74, 6) is -0.562. The van der Waals surface area contributed by atoms with Gasteiger partial charge in [-0.25, -0.2) is 0 Å². The van der Waals surface area contributed by atoms with Gasteiger partial charge in [-0.2, -0.15) is 0 Å². The van der Waals surface area contributed by atoms with E-state index in [1.54, 1.807) is 24.3 Å². The van der Waals surface area contributed by atoms with Crippen LogP contribution in [0.3, 0.4) is 0 Å². The topological polar surface area (TPSA) is 43.4 Å². The van der Waals surface area contributed by atoms with E-state index in [0.29, 0.717) is 11.8 Å². The van der Waals surface area contributed by atoms with E-state index in [0.717, 1.165) is 14.5 Å². The molecule has 0 aliphatic carbocycles. The molecule has 0 amide bonds. The predicted molar refractivity (Wildman–Crippen MR) is 91.7 cm³/mol. The predicted octanol–water partition coefficient (Wildman–Crippen LogP) is 4.06. The van der Waals surface area contributed by atoms with Crippen molar-refractivity contribution in [3.63, 3.8) is 0 Å². The maximum absolute atomic E-state index is 12.3. The normalized spacial score (nSPS) is 13.2. The number of carbonyl (C=O) groups excluding carboxylic acids is 2. The van der Waals surface area contributed by atoms with E-state index in [1.165, 1.54) is 7.11 Å². The molecule has 0 aliphatic heterocycles. The molecule has 0 saturated heterocycles. The number of benzene rings is 2. The average molecular weight is 426 g/mol. The van der Waals surface area contributed by atoms with Crippen molar-refractivity contribution in [1.82, 2.24) is 0 Å². The monoisotopic (exact) mass is 424 g/mol. The van der Waals surface area contributed by atoms with Gasteiger partial charge in [0.1, 0.15) is 6.29 Å². The summed E-state index contributed by atoms with van der Waals surface area (Å²) >= 11 is 6.72. The molecule has 114 valence electrons. The molecule has 0 N–H and O–H groups in total. The third kappa shape index (κ3) is 3.47. The molecule has 0 aliphatic rings. The number of rotatable bonds is 5. The van der Waals surface area contributed by atoms with Gasteiger partial charge in [-0.1, -0.05) is 56.1 Å². The van der Waals surface area contributed by atoms with Crippen LogP contribution < -0.4 is 0 Å². The lowest BCUT2D eigenvalue weighted by Gasteiger charge is -2.26. The standard InChI is InChI=1S/C17H14Br2O3/c1-22-16(21)17(11-20,13-4-8-15(19)9-5-13)10-12-2-6-14(18)7-3-12/h2-9,11H,10H2,1H3/t17-/m0/s1. The van der Waals surface area contributed by atoms with Crippen LogP contribution in [-0.2, 0) is 26.2 Å². The molecule has 2 rings (SSSR count). The zero-order valence-electron chi connectivity index (χ0n) is 11.9. The minimum absolute atomic E-state index is 0.248. The summed E-state index contributed by atoms with van der Waals surface area (Å²) in [4.78, 5) is 24.2. The van der Waals surface area contributed by atoms with Gasteiger partial charge in [0, 0.05) is 8.95 Å². The Morgan fingerprint density at radius 1 is 1.05 bits per heavy atom. The molecular weight excluding hydrogens is 412 g/mol. The fourth-order valence-electron chi connectivity index (χ4n) is 2.30. The Morgan fingerprint density at radius 3 is 2.00 bits per heavy atom. The van der Waals surface area contributed by atoms with Crippen LogP contribution >= 0.6 is 31.9 Å². The van der Waals surface area contributed by atoms with Crippen LogP contribution in [0.5, 0.6) is 0 Å². The van der Waals surface area contributed by atoms with E-state index in [-0.39, 0.29) is 6.42 Å². The average Bonchev–Trinajstić information content (AvgIpc) is 2.54. The quantitative estimate of drug-likeness (QED) is 0.412. The fourth-order valence-corrected chi connectivity index (χ4v) is 2.83. The first-order valence-corrected chi connectivity index (χ1v) is 8.15. The molecule has 1 atom stereocenters. The maximum Gasteiger partial charge on any atom is 0.323 e. The summed E-state index contributed by atoms with van der Waals surface area (Å²) < 4.78 is 6.71. The number of esters is 1. The smallest absolute Gasteiger partial charge is 0.323 e. The van der Waals surface area contributed by atoms with E-state index in [2.05, 4.69) is 31.9 Å². The highest BCUT2D eigenvalue weighted by molar-refractivity contribution is 9.10. The lowest BCUT2D eigenvalue weighted by Crippen LogP contribution is -2.40. The molecule has 0 heterocycles. The number of aldehydes is 1. The van der Waals surface area contributed by atoms with Crippen molar-refractivity contribution in [2.45, 2.75) is 11.8 Å². The van der Waals surface area contributed by atoms with Crippen molar-refractivity contribution in [2.75, 3.05) is 7.11 Å². The summed E-state index contributed by atoms with van der Waals surface area (Å²) in [6.45, 7) is 0. The molecule has 2 aromatic rings. The van der Waals surface area contributed by atoms with E-state index in [1.807, 2.05) is 24.3 Å². The van der Waals surface area contributed by atoms with Gasteiger partial charge in [0.15, 0.2) is 5.41 Å². The van der Waals surface area contributed by atoms with Crippen molar-refractivity contribution in [3.8, 4) is 0 Å². The number of carbonyl (C=O) groups is 2. The summed E-state index contributed by atoms with van der Waals surface area (Å²) in [6.07, 6.45) is 0.919. The Hall–Kier alpha value is -1.46. The Bertz CT molecular complexity index is 665. The third-order valence-corrected chi connectivity index (χ3v) is 4.56. The molecule has 0 spiro atoms. The van der Waals surface area contributed by atoms with Gasteiger partial charge in [0.05, 0.1) is 7.11 Å². The maximum atomic E-state index is 12.3. The van der Waals surface area contributed by atoms with Gasteiger partial charge in [-0.15, -0.1) is 0 Å². The molecular formula is C17H14Br2O3. The first-order valence-electron chi connectivity index (χ1n) is 6.57. The van der Waals surface area contributed by atoms with Crippen LogP contribution in [-0.4, -0.2) is 19.4 Å². The van der Waals surface area contributed by atoms with Crippen molar-refractivity contribution in [1.29, 1.82) is 0 Å². The van der Waals surface area contributed by atoms with Crippen molar-refractivity contribution < 1.29 is 14.3 Å². The van der Waals surface area contributed by atoms with Gasteiger partial charge >= 0.3 is 5.97 Å². The zero-order valence-corrected chi connectivity index (χ0v) is 15.1. The van der Waals surface area contributed by atoms with Gasteiger partial charge in [0.2, 0.25) is 0 Å². The first-order chi connectivity index (χ1) is 10.5. The Balaban J connectivity index is 2.49. The van der Waals surface area contributed by atoms with Crippen LogP contribution in [0.1, 0.15) is 11.1 Å². The van der Waals surface area contributed by atoms with E-state index in [9.17, 15) is 9.59 Å². The first kappa shape index (κ1) is 16.9. The molecule has 3 nitrogen and oxygen atoms in total. The second kappa shape index (κ2) is 7.20. The van der Waals surface area contributed by atoms with Gasteiger partial charge in [-0.3, -0.25) is 4.79 Å². The Labute approximate surface area is 145 Å². The van der Waals surface area contributed by atoms with Gasteiger partial charge < -0.3 is 9.53 Å². The SMILES string of the molecule is COC(=O)[C@](C=O)(Cc1ccc(Br)cc1)c1ccc(Br)cc1. The highest BCUT2D eigenvalue weighted by Gasteiger charge is 2.41.